The Labute approximate surface area is 136 Å². The highest BCUT2D eigenvalue weighted by molar-refractivity contribution is 7.09. The maximum absolute atomic E-state index is 13.7. The molecule has 2 amide bonds. The van der Waals surface area contributed by atoms with Crippen molar-refractivity contribution in [3.05, 3.63) is 52.0 Å². The number of hydrogen-bond donors (Lipinski definition) is 3. The molecule has 124 valence electrons. The molecule has 0 saturated heterocycles. The Bertz CT molecular complexity index is 677. The normalized spacial score (nSPS) is 14.8. The van der Waals surface area contributed by atoms with Crippen molar-refractivity contribution in [1.82, 2.24) is 15.6 Å². The second-order valence-corrected chi connectivity index (χ2v) is 6.24. The van der Waals surface area contributed by atoms with Crippen LogP contribution in [0.5, 0.6) is 0 Å². The second kappa shape index (κ2) is 7.01. The number of urea groups is 1. The monoisotopic (exact) mass is 341 g/mol. The summed E-state index contributed by atoms with van der Waals surface area (Å²) in [7, 11) is 0. The topological polar surface area (TPSA) is 74.2 Å². The SMILES string of the molecule is CC(NC(=O)NCC(C)(O)c1ccc(F)cc1F)c1nccs1. The number of amides is 2. The van der Waals surface area contributed by atoms with E-state index >= 15 is 0 Å². The van der Waals surface area contributed by atoms with Crippen LogP contribution in [0.2, 0.25) is 0 Å². The highest BCUT2D eigenvalue weighted by Crippen LogP contribution is 2.23. The van der Waals surface area contributed by atoms with E-state index in [1.54, 1.807) is 18.5 Å². The Morgan fingerprint density at radius 1 is 1.48 bits per heavy atom. The van der Waals surface area contributed by atoms with Crippen molar-refractivity contribution in [2.45, 2.75) is 25.5 Å². The number of aliphatic hydroxyl groups is 1. The zero-order chi connectivity index (χ0) is 17.0. The maximum atomic E-state index is 13.7. The van der Waals surface area contributed by atoms with Crippen LogP contribution in [0.15, 0.2) is 29.8 Å². The lowest BCUT2D eigenvalue weighted by Crippen LogP contribution is -2.44. The molecule has 0 spiro atoms. The van der Waals surface area contributed by atoms with Crippen molar-refractivity contribution in [3.8, 4) is 0 Å². The van der Waals surface area contributed by atoms with E-state index in [9.17, 15) is 18.7 Å². The number of hydrogen-bond acceptors (Lipinski definition) is 4. The molecule has 0 saturated carbocycles. The van der Waals surface area contributed by atoms with Crippen LogP contribution in [0.4, 0.5) is 13.6 Å². The summed E-state index contributed by atoms with van der Waals surface area (Å²) < 4.78 is 26.7. The average Bonchev–Trinajstić information content (AvgIpc) is 2.99. The molecule has 8 heteroatoms. The summed E-state index contributed by atoms with van der Waals surface area (Å²) in [5.74, 6) is -1.60. The molecular formula is C15H17F2N3O2S. The van der Waals surface area contributed by atoms with Gasteiger partial charge < -0.3 is 15.7 Å². The summed E-state index contributed by atoms with van der Waals surface area (Å²) in [6, 6.07) is 2.09. The fraction of sp³-hybridized carbons (Fsp3) is 0.333. The molecule has 1 heterocycles. The van der Waals surface area contributed by atoms with Crippen molar-refractivity contribution in [2.75, 3.05) is 6.54 Å². The van der Waals surface area contributed by atoms with E-state index in [0.29, 0.717) is 6.07 Å². The van der Waals surface area contributed by atoms with E-state index in [0.717, 1.165) is 17.1 Å². The number of carbonyl (C=O) groups excluding carboxylic acids is 1. The lowest BCUT2D eigenvalue weighted by Gasteiger charge is -2.25. The van der Waals surface area contributed by atoms with Crippen LogP contribution in [0.3, 0.4) is 0 Å². The first-order chi connectivity index (χ1) is 10.8. The van der Waals surface area contributed by atoms with Crippen molar-refractivity contribution in [2.24, 2.45) is 0 Å². The van der Waals surface area contributed by atoms with Gasteiger partial charge in [0.15, 0.2) is 0 Å². The first-order valence-electron chi connectivity index (χ1n) is 6.91. The van der Waals surface area contributed by atoms with Gasteiger partial charge in [-0.2, -0.15) is 0 Å². The standard InChI is InChI=1S/C15H17F2N3O2S/c1-9(13-18-5-6-23-13)20-14(21)19-8-15(2,22)11-4-3-10(16)7-12(11)17/h3-7,9,22H,8H2,1-2H3,(H2,19,20,21). The van der Waals surface area contributed by atoms with Crippen molar-refractivity contribution < 1.29 is 18.7 Å². The highest BCUT2D eigenvalue weighted by atomic mass is 32.1. The highest BCUT2D eigenvalue weighted by Gasteiger charge is 2.27. The van der Waals surface area contributed by atoms with Gasteiger partial charge in [-0.05, 0) is 19.9 Å². The van der Waals surface area contributed by atoms with Crippen LogP contribution < -0.4 is 10.6 Å². The van der Waals surface area contributed by atoms with Gasteiger partial charge in [0.1, 0.15) is 22.2 Å². The quantitative estimate of drug-likeness (QED) is 0.783. The molecule has 0 aliphatic carbocycles. The second-order valence-electron chi connectivity index (χ2n) is 5.32. The van der Waals surface area contributed by atoms with Crippen LogP contribution in [0, 0.1) is 11.6 Å². The van der Waals surface area contributed by atoms with Gasteiger partial charge in [0.2, 0.25) is 0 Å². The number of carbonyl (C=O) groups is 1. The van der Waals surface area contributed by atoms with E-state index in [-0.39, 0.29) is 18.2 Å². The minimum Gasteiger partial charge on any atom is -0.383 e. The van der Waals surface area contributed by atoms with Gasteiger partial charge >= 0.3 is 6.03 Å². The molecule has 23 heavy (non-hydrogen) atoms. The maximum Gasteiger partial charge on any atom is 0.315 e. The first-order valence-corrected chi connectivity index (χ1v) is 7.79. The molecule has 0 fully saturated rings. The van der Waals surface area contributed by atoms with E-state index in [1.807, 2.05) is 0 Å². The lowest BCUT2D eigenvalue weighted by atomic mass is 9.95. The van der Waals surface area contributed by atoms with E-state index in [2.05, 4.69) is 15.6 Å². The Morgan fingerprint density at radius 3 is 2.83 bits per heavy atom. The van der Waals surface area contributed by atoms with Gasteiger partial charge in [0.05, 0.1) is 12.6 Å². The van der Waals surface area contributed by atoms with Crippen LogP contribution >= 0.6 is 11.3 Å². The van der Waals surface area contributed by atoms with Gasteiger partial charge in [0, 0.05) is 23.2 Å². The fourth-order valence-corrected chi connectivity index (χ4v) is 2.68. The van der Waals surface area contributed by atoms with Gasteiger partial charge in [-0.3, -0.25) is 0 Å². The number of nitrogens with zero attached hydrogens (tertiary/aromatic N) is 1. The molecule has 2 rings (SSSR count). The summed E-state index contributed by atoms with van der Waals surface area (Å²) >= 11 is 1.41. The third-order valence-corrected chi connectivity index (χ3v) is 4.23. The van der Waals surface area contributed by atoms with Crippen LogP contribution in [0.25, 0.3) is 0 Å². The third-order valence-electron chi connectivity index (χ3n) is 3.27. The molecule has 2 atom stereocenters. The van der Waals surface area contributed by atoms with Crippen molar-refractivity contribution >= 4 is 17.4 Å². The molecule has 5 nitrogen and oxygen atoms in total. The van der Waals surface area contributed by atoms with E-state index < -0.39 is 23.3 Å². The zero-order valence-corrected chi connectivity index (χ0v) is 13.5. The predicted molar refractivity (Wildman–Crippen MR) is 83.0 cm³/mol. The Hall–Kier alpha value is -2.06. The molecule has 0 aliphatic rings. The minimum atomic E-state index is -1.67. The summed E-state index contributed by atoms with van der Waals surface area (Å²) in [5, 5.41) is 18.0. The number of nitrogens with one attached hydrogen (secondary N) is 2. The third kappa shape index (κ3) is 4.46. The van der Waals surface area contributed by atoms with Gasteiger partial charge in [-0.25, -0.2) is 18.6 Å². The number of thiazole rings is 1. The van der Waals surface area contributed by atoms with Crippen molar-refractivity contribution in [1.29, 1.82) is 0 Å². The molecule has 1 aromatic carbocycles. The summed E-state index contributed by atoms with van der Waals surface area (Å²) in [6.07, 6.45) is 1.64. The number of benzene rings is 1. The molecule has 1 aromatic heterocycles. The largest absolute Gasteiger partial charge is 0.383 e. The van der Waals surface area contributed by atoms with Crippen LogP contribution in [-0.4, -0.2) is 22.7 Å². The molecular weight excluding hydrogens is 324 g/mol. The van der Waals surface area contributed by atoms with Gasteiger partial charge in [0.25, 0.3) is 0 Å². The number of halogens is 2. The van der Waals surface area contributed by atoms with Gasteiger partial charge in [-0.15, -0.1) is 11.3 Å². The van der Waals surface area contributed by atoms with E-state index in [4.69, 9.17) is 0 Å². The zero-order valence-electron chi connectivity index (χ0n) is 12.6. The molecule has 2 aromatic rings. The van der Waals surface area contributed by atoms with Crippen molar-refractivity contribution in [3.63, 3.8) is 0 Å². The van der Waals surface area contributed by atoms with Crippen LogP contribution in [0.1, 0.15) is 30.5 Å². The number of rotatable bonds is 5. The van der Waals surface area contributed by atoms with E-state index in [1.165, 1.54) is 18.3 Å². The molecule has 3 N–H and O–H groups in total. The smallest absolute Gasteiger partial charge is 0.315 e. The fourth-order valence-electron chi connectivity index (χ4n) is 2.03. The predicted octanol–water partition coefficient (Wildman–Crippen LogP) is 2.69. The summed E-state index contributed by atoms with van der Waals surface area (Å²) in [6.45, 7) is 2.88. The molecule has 0 radical (unpaired) electrons. The molecule has 0 bridgehead atoms. The lowest BCUT2D eigenvalue weighted by molar-refractivity contribution is 0.0554. The van der Waals surface area contributed by atoms with Crippen LogP contribution in [-0.2, 0) is 5.60 Å². The average molecular weight is 341 g/mol. The number of aromatic nitrogens is 1. The first kappa shape index (κ1) is 17.3. The molecule has 0 aliphatic heterocycles. The summed E-state index contributed by atoms with van der Waals surface area (Å²) in [4.78, 5) is 15.9. The molecule has 2 unspecified atom stereocenters. The Balaban J connectivity index is 1.94. The summed E-state index contributed by atoms with van der Waals surface area (Å²) in [5.41, 5.74) is -1.76. The Morgan fingerprint density at radius 2 is 2.22 bits per heavy atom. The Kier molecular flexibility index (Phi) is 5.27. The minimum absolute atomic E-state index is 0.0906. The van der Waals surface area contributed by atoms with Gasteiger partial charge in [-0.1, -0.05) is 6.07 Å².